The van der Waals surface area contributed by atoms with Crippen molar-refractivity contribution in [1.82, 2.24) is 4.90 Å². The molecule has 1 aliphatic rings. The fourth-order valence-electron chi connectivity index (χ4n) is 2.06. The van der Waals surface area contributed by atoms with Crippen LogP contribution < -0.4 is 0 Å². The topological polar surface area (TPSA) is 12.5 Å². The molecule has 1 aliphatic heterocycles. The Labute approximate surface area is 82.3 Å². The van der Waals surface area contributed by atoms with Gasteiger partial charge in [-0.15, -0.1) is 0 Å². The molecular weight excluding hydrogens is 162 g/mol. The van der Waals surface area contributed by atoms with E-state index in [1.165, 1.54) is 12.8 Å². The molecule has 1 heterocycles. The van der Waals surface area contributed by atoms with Crippen molar-refractivity contribution in [2.75, 3.05) is 26.3 Å². The Morgan fingerprint density at radius 2 is 1.85 bits per heavy atom. The van der Waals surface area contributed by atoms with Gasteiger partial charge >= 0.3 is 0 Å². The van der Waals surface area contributed by atoms with E-state index in [0.717, 1.165) is 38.3 Å². The maximum absolute atomic E-state index is 5.36. The van der Waals surface area contributed by atoms with E-state index in [1.807, 2.05) is 0 Å². The molecular formula is C11H23NO. The van der Waals surface area contributed by atoms with Crippen molar-refractivity contribution in [3.63, 3.8) is 0 Å². The zero-order chi connectivity index (χ0) is 9.68. The van der Waals surface area contributed by atoms with Crippen LogP contribution in [0, 0.1) is 5.92 Å². The summed E-state index contributed by atoms with van der Waals surface area (Å²) in [5.74, 6) is 0.813. The first-order valence-electron chi connectivity index (χ1n) is 5.55. The van der Waals surface area contributed by atoms with Gasteiger partial charge in [0.05, 0.1) is 13.2 Å². The lowest BCUT2D eigenvalue weighted by Gasteiger charge is -2.34. The standard InChI is InChI=1S/C11H23NO/c1-4-11(9-10(2)3)12-5-7-13-8-6-12/h10-11H,4-9H2,1-3H3. The van der Waals surface area contributed by atoms with E-state index in [1.54, 1.807) is 0 Å². The molecule has 1 unspecified atom stereocenters. The first-order valence-corrected chi connectivity index (χ1v) is 5.55. The molecule has 1 atom stereocenters. The van der Waals surface area contributed by atoms with Gasteiger partial charge in [-0.3, -0.25) is 4.90 Å². The molecule has 1 fully saturated rings. The fraction of sp³-hybridized carbons (Fsp3) is 1.00. The zero-order valence-corrected chi connectivity index (χ0v) is 9.25. The summed E-state index contributed by atoms with van der Waals surface area (Å²) in [5.41, 5.74) is 0. The van der Waals surface area contributed by atoms with Crippen LogP contribution in [0.3, 0.4) is 0 Å². The minimum Gasteiger partial charge on any atom is -0.379 e. The second-order valence-corrected chi connectivity index (χ2v) is 4.34. The largest absolute Gasteiger partial charge is 0.379 e. The van der Waals surface area contributed by atoms with Crippen LogP contribution in [-0.4, -0.2) is 37.2 Å². The van der Waals surface area contributed by atoms with Gasteiger partial charge in [0.2, 0.25) is 0 Å². The van der Waals surface area contributed by atoms with E-state index in [-0.39, 0.29) is 0 Å². The van der Waals surface area contributed by atoms with Crippen LogP contribution in [0.25, 0.3) is 0 Å². The Bertz CT molecular complexity index is 130. The number of morpholine rings is 1. The minimum absolute atomic E-state index is 0.781. The van der Waals surface area contributed by atoms with Gasteiger partial charge in [0, 0.05) is 19.1 Å². The Kier molecular flexibility index (Phi) is 4.74. The normalized spacial score (nSPS) is 22.2. The molecule has 0 spiro atoms. The van der Waals surface area contributed by atoms with Crippen molar-refractivity contribution in [2.24, 2.45) is 5.92 Å². The van der Waals surface area contributed by atoms with E-state index in [4.69, 9.17) is 4.74 Å². The molecule has 0 aromatic heterocycles. The maximum Gasteiger partial charge on any atom is 0.0594 e. The summed E-state index contributed by atoms with van der Waals surface area (Å²) in [4.78, 5) is 2.59. The van der Waals surface area contributed by atoms with E-state index in [2.05, 4.69) is 25.7 Å². The lowest BCUT2D eigenvalue weighted by molar-refractivity contribution is 0.0114. The maximum atomic E-state index is 5.36. The van der Waals surface area contributed by atoms with Crippen molar-refractivity contribution in [3.05, 3.63) is 0 Å². The van der Waals surface area contributed by atoms with Crippen molar-refractivity contribution in [1.29, 1.82) is 0 Å². The van der Waals surface area contributed by atoms with Crippen LogP contribution in [0.15, 0.2) is 0 Å². The van der Waals surface area contributed by atoms with Gasteiger partial charge < -0.3 is 4.74 Å². The first kappa shape index (κ1) is 11.0. The molecule has 78 valence electrons. The first-order chi connectivity index (χ1) is 6.24. The number of hydrogen-bond donors (Lipinski definition) is 0. The van der Waals surface area contributed by atoms with E-state index in [9.17, 15) is 0 Å². The third-order valence-electron chi connectivity index (χ3n) is 2.78. The average Bonchev–Trinajstić information content (AvgIpc) is 2.15. The Morgan fingerprint density at radius 3 is 2.31 bits per heavy atom. The molecule has 1 rings (SSSR count). The molecule has 0 N–H and O–H groups in total. The number of ether oxygens (including phenoxy) is 1. The minimum atomic E-state index is 0.781. The van der Waals surface area contributed by atoms with Crippen molar-refractivity contribution in [3.8, 4) is 0 Å². The summed E-state index contributed by atoms with van der Waals surface area (Å²) in [5, 5.41) is 0. The Hall–Kier alpha value is -0.0800. The Morgan fingerprint density at radius 1 is 1.23 bits per heavy atom. The predicted octanol–water partition coefficient (Wildman–Crippen LogP) is 2.14. The van der Waals surface area contributed by atoms with Gasteiger partial charge in [-0.1, -0.05) is 20.8 Å². The number of hydrogen-bond acceptors (Lipinski definition) is 2. The molecule has 0 bridgehead atoms. The van der Waals surface area contributed by atoms with Crippen LogP contribution in [0.1, 0.15) is 33.6 Å². The summed E-state index contributed by atoms with van der Waals surface area (Å²) >= 11 is 0. The SMILES string of the molecule is CCC(CC(C)C)N1CCOCC1. The Balaban J connectivity index is 2.34. The van der Waals surface area contributed by atoms with Crippen LogP contribution in [0.4, 0.5) is 0 Å². The van der Waals surface area contributed by atoms with Gasteiger partial charge in [-0.2, -0.15) is 0 Å². The summed E-state index contributed by atoms with van der Waals surface area (Å²) < 4.78 is 5.36. The third-order valence-corrected chi connectivity index (χ3v) is 2.78. The summed E-state index contributed by atoms with van der Waals surface area (Å²) in [6.45, 7) is 11.0. The van der Waals surface area contributed by atoms with E-state index in [0.29, 0.717) is 0 Å². The molecule has 0 amide bonds. The van der Waals surface area contributed by atoms with Gasteiger partial charge in [0.25, 0.3) is 0 Å². The summed E-state index contributed by atoms with van der Waals surface area (Å²) in [6.07, 6.45) is 2.61. The molecule has 2 heteroatoms. The van der Waals surface area contributed by atoms with Crippen LogP contribution in [0.2, 0.25) is 0 Å². The molecule has 1 saturated heterocycles. The monoisotopic (exact) mass is 185 g/mol. The molecule has 0 radical (unpaired) electrons. The molecule has 0 aromatic rings. The highest BCUT2D eigenvalue weighted by Crippen LogP contribution is 2.15. The molecule has 13 heavy (non-hydrogen) atoms. The van der Waals surface area contributed by atoms with Gasteiger partial charge in [-0.25, -0.2) is 0 Å². The number of nitrogens with zero attached hydrogens (tertiary/aromatic N) is 1. The van der Waals surface area contributed by atoms with Crippen LogP contribution in [0.5, 0.6) is 0 Å². The van der Waals surface area contributed by atoms with Crippen molar-refractivity contribution >= 4 is 0 Å². The van der Waals surface area contributed by atoms with Crippen molar-refractivity contribution < 1.29 is 4.74 Å². The average molecular weight is 185 g/mol. The smallest absolute Gasteiger partial charge is 0.0594 e. The summed E-state index contributed by atoms with van der Waals surface area (Å²) in [7, 11) is 0. The van der Waals surface area contributed by atoms with E-state index >= 15 is 0 Å². The highest BCUT2D eigenvalue weighted by molar-refractivity contribution is 4.73. The molecule has 0 saturated carbocycles. The highest BCUT2D eigenvalue weighted by Gasteiger charge is 2.19. The van der Waals surface area contributed by atoms with E-state index < -0.39 is 0 Å². The third kappa shape index (κ3) is 3.65. The van der Waals surface area contributed by atoms with Gasteiger partial charge in [-0.05, 0) is 18.8 Å². The summed E-state index contributed by atoms with van der Waals surface area (Å²) in [6, 6.07) is 0.781. The second kappa shape index (κ2) is 5.61. The van der Waals surface area contributed by atoms with Crippen LogP contribution in [-0.2, 0) is 4.74 Å². The lowest BCUT2D eigenvalue weighted by atomic mass is 10.00. The molecule has 2 nitrogen and oxygen atoms in total. The highest BCUT2D eigenvalue weighted by atomic mass is 16.5. The van der Waals surface area contributed by atoms with Crippen LogP contribution >= 0.6 is 0 Å². The van der Waals surface area contributed by atoms with Gasteiger partial charge in [0.1, 0.15) is 0 Å². The van der Waals surface area contributed by atoms with Gasteiger partial charge in [0.15, 0.2) is 0 Å². The fourth-order valence-corrected chi connectivity index (χ4v) is 2.06. The lowest BCUT2D eigenvalue weighted by Crippen LogP contribution is -2.43. The van der Waals surface area contributed by atoms with Crippen molar-refractivity contribution in [2.45, 2.75) is 39.7 Å². The zero-order valence-electron chi connectivity index (χ0n) is 9.25. The number of rotatable bonds is 4. The molecule has 0 aromatic carbocycles. The quantitative estimate of drug-likeness (QED) is 0.665. The molecule has 0 aliphatic carbocycles. The predicted molar refractivity (Wildman–Crippen MR) is 55.9 cm³/mol. The second-order valence-electron chi connectivity index (χ2n) is 4.34.